The lowest BCUT2D eigenvalue weighted by molar-refractivity contribution is 0.112. The van der Waals surface area contributed by atoms with E-state index in [-0.39, 0.29) is 5.75 Å². The van der Waals surface area contributed by atoms with Crippen molar-refractivity contribution in [2.75, 3.05) is 0 Å². The van der Waals surface area contributed by atoms with Crippen LogP contribution in [-0.4, -0.2) is 11.4 Å². The lowest BCUT2D eigenvalue weighted by atomic mass is 10.1. The van der Waals surface area contributed by atoms with Crippen molar-refractivity contribution in [3.63, 3.8) is 0 Å². The molecule has 1 N–H and O–H groups in total. The number of hydrogen-bond acceptors (Lipinski definition) is 3. The highest BCUT2D eigenvalue weighted by Crippen LogP contribution is 2.35. The first kappa shape index (κ1) is 9.68. The SMILES string of the molecule is O=Cc1cc(O)c2sccc2c1CBr. The Morgan fingerprint density at radius 1 is 1.57 bits per heavy atom. The summed E-state index contributed by atoms with van der Waals surface area (Å²) >= 11 is 4.82. The van der Waals surface area contributed by atoms with Gasteiger partial charge in [0, 0.05) is 16.3 Å². The van der Waals surface area contributed by atoms with Gasteiger partial charge < -0.3 is 5.11 Å². The monoisotopic (exact) mass is 270 g/mol. The number of thiophene rings is 1. The van der Waals surface area contributed by atoms with Crippen LogP contribution in [0.1, 0.15) is 15.9 Å². The molecule has 0 radical (unpaired) electrons. The molecule has 0 saturated carbocycles. The maximum absolute atomic E-state index is 10.8. The Balaban J connectivity index is 2.88. The molecule has 1 heterocycles. The van der Waals surface area contributed by atoms with Gasteiger partial charge in [-0.2, -0.15) is 0 Å². The first-order chi connectivity index (χ1) is 6.77. The van der Waals surface area contributed by atoms with Gasteiger partial charge in [-0.3, -0.25) is 4.79 Å². The van der Waals surface area contributed by atoms with E-state index in [2.05, 4.69) is 15.9 Å². The van der Waals surface area contributed by atoms with Crippen LogP contribution in [-0.2, 0) is 5.33 Å². The van der Waals surface area contributed by atoms with E-state index in [4.69, 9.17) is 0 Å². The molecule has 2 aromatic rings. The molecular formula is C10H7BrO2S. The van der Waals surface area contributed by atoms with E-state index in [0.717, 1.165) is 21.9 Å². The van der Waals surface area contributed by atoms with Crippen LogP contribution in [0, 0.1) is 0 Å². The summed E-state index contributed by atoms with van der Waals surface area (Å²) in [5, 5.41) is 13.1. The van der Waals surface area contributed by atoms with Crippen molar-refractivity contribution in [2.24, 2.45) is 0 Å². The predicted molar refractivity (Wildman–Crippen MR) is 61.5 cm³/mol. The summed E-state index contributed by atoms with van der Waals surface area (Å²) in [6.07, 6.45) is 0.771. The Hall–Kier alpha value is -0.870. The van der Waals surface area contributed by atoms with E-state index in [9.17, 15) is 9.90 Å². The minimum Gasteiger partial charge on any atom is -0.506 e. The van der Waals surface area contributed by atoms with Gasteiger partial charge in [-0.1, -0.05) is 15.9 Å². The molecule has 0 aliphatic heterocycles. The Labute approximate surface area is 93.3 Å². The Kier molecular flexibility index (Phi) is 2.56. The van der Waals surface area contributed by atoms with Crippen LogP contribution in [0.4, 0.5) is 0 Å². The van der Waals surface area contributed by atoms with Crippen LogP contribution in [0.3, 0.4) is 0 Å². The van der Waals surface area contributed by atoms with E-state index in [1.807, 2.05) is 11.4 Å². The zero-order valence-corrected chi connectivity index (χ0v) is 9.56. The molecule has 0 aliphatic rings. The summed E-state index contributed by atoms with van der Waals surface area (Å²) in [5.41, 5.74) is 1.49. The zero-order chi connectivity index (χ0) is 10.1. The number of hydrogen-bond donors (Lipinski definition) is 1. The minimum absolute atomic E-state index is 0.182. The molecule has 0 aliphatic carbocycles. The van der Waals surface area contributed by atoms with E-state index in [0.29, 0.717) is 10.9 Å². The van der Waals surface area contributed by atoms with Crippen molar-refractivity contribution in [3.05, 3.63) is 28.6 Å². The predicted octanol–water partition coefficient (Wildman–Crippen LogP) is 3.31. The van der Waals surface area contributed by atoms with Crippen LogP contribution in [0.5, 0.6) is 5.75 Å². The van der Waals surface area contributed by atoms with Gasteiger partial charge in [-0.05, 0) is 23.1 Å². The Bertz CT molecular complexity index is 490. The number of carbonyl (C=O) groups is 1. The molecule has 72 valence electrons. The highest BCUT2D eigenvalue weighted by atomic mass is 79.9. The van der Waals surface area contributed by atoms with Crippen molar-refractivity contribution >= 4 is 43.6 Å². The number of alkyl halides is 1. The minimum atomic E-state index is 0.182. The number of phenolic OH excluding ortho intramolecular Hbond substituents is 1. The molecule has 2 rings (SSSR count). The van der Waals surface area contributed by atoms with Gasteiger partial charge in [0.1, 0.15) is 5.75 Å². The molecule has 0 amide bonds. The maximum Gasteiger partial charge on any atom is 0.150 e. The highest BCUT2D eigenvalue weighted by Gasteiger charge is 2.10. The molecule has 4 heteroatoms. The number of phenols is 1. The largest absolute Gasteiger partial charge is 0.506 e. The van der Waals surface area contributed by atoms with Gasteiger partial charge in [-0.25, -0.2) is 0 Å². The summed E-state index contributed by atoms with van der Waals surface area (Å²) in [6, 6.07) is 3.44. The molecule has 0 bridgehead atoms. The summed E-state index contributed by atoms with van der Waals surface area (Å²) in [7, 11) is 0. The van der Waals surface area contributed by atoms with Crippen LogP contribution < -0.4 is 0 Å². The lowest BCUT2D eigenvalue weighted by Gasteiger charge is -2.04. The summed E-state index contributed by atoms with van der Waals surface area (Å²) in [5.74, 6) is 0.182. The van der Waals surface area contributed by atoms with Gasteiger partial charge in [0.2, 0.25) is 0 Å². The standard InChI is InChI=1S/C10H7BrO2S/c11-4-8-6(5-12)3-9(13)10-7(8)1-2-14-10/h1-3,5,13H,4H2. The molecule has 0 saturated heterocycles. The Morgan fingerprint density at radius 2 is 2.36 bits per heavy atom. The van der Waals surface area contributed by atoms with Gasteiger partial charge in [0.15, 0.2) is 6.29 Å². The fourth-order valence-electron chi connectivity index (χ4n) is 1.46. The van der Waals surface area contributed by atoms with E-state index < -0.39 is 0 Å². The normalized spacial score (nSPS) is 10.6. The van der Waals surface area contributed by atoms with E-state index >= 15 is 0 Å². The van der Waals surface area contributed by atoms with Crippen molar-refractivity contribution in [1.29, 1.82) is 0 Å². The maximum atomic E-state index is 10.8. The summed E-state index contributed by atoms with van der Waals surface area (Å²) in [6.45, 7) is 0. The average molecular weight is 271 g/mol. The molecule has 0 unspecified atom stereocenters. The van der Waals surface area contributed by atoms with Crippen LogP contribution in [0.2, 0.25) is 0 Å². The summed E-state index contributed by atoms with van der Waals surface area (Å²) < 4.78 is 0.838. The number of halogens is 1. The number of rotatable bonds is 2. The lowest BCUT2D eigenvalue weighted by Crippen LogP contribution is -1.89. The number of aldehydes is 1. The molecule has 1 aromatic carbocycles. The fourth-order valence-corrected chi connectivity index (χ4v) is 2.92. The molecule has 2 nitrogen and oxygen atoms in total. The van der Waals surface area contributed by atoms with Crippen molar-refractivity contribution < 1.29 is 9.90 Å². The number of carbonyl (C=O) groups excluding carboxylic acids is 1. The molecule has 0 fully saturated rings. The summed E-state index contributed by atoms with van der Waals surface area (Å²) in [4.78, 5) is 10.8. The van der Waals surface area contributed by atoms with Gasteiger partial charge in [0.25, 0.3) is 0 Å². The van der Waals surface area contributed by atoms with Crippen LogP contribution in [0.25, 0.3) is 10.1 Å². The van der Waals surface area contributed by atoms with E-state index in [1.54, 1.807) is 0 Å². The third kappa shape index (κ3) is 1.35. The number of benzene rings is 1. The average Bonchev–Trinajstić information content (AvgIpc) is 2.66. The van der Waals surface area contributed by atoms with Gasteiger partial charge >= 0.3 is 0 Å². The Morgan fingerprint density at radius 3 is 3.00 bits per heavy atom. The number of fused-ring (bicyclic) bond motifs is 1. The van der Waals surface area contributed by atoms with Gasteiger partial charge in [-0.15, -0.1) is 11.3 Å². The second-order valence-electron chi connectivity index (χ2n) is 2.88. The van der Waals surface area contributed by atoms with Gasteiger partial charge in [0.05, 0.1) is 4.70 Å². The fraction of sp³-hybridized carbons (Fsp3) is 0.100. The second-order valence-corrected chi connectivity index (χ2v) is 4.36. The van der Waals surface area contributed by atoms with Crippen molar-refractivity contribution in [1.82, 2.24) is 0 Å². The third-order valence-electron chi connectivity index (χ3n) is 2.12. The first-order valence-corrected chi connectivity index (χ1v) is 6.01. The second kappa shape index (κ2) is 3.71. The van der Waals surface area contributed by atoms with Crippen molar-refractivity contribution in [2.45, 2.75) is 5.33 Å². The van der Waals surface area contributed by atoms with E-state index in [1.165, 1.54) is 17.4 Å². The topological polar surface area (TPSA) is 37.3 Å². The first-order valence-electron chi connectivity index (χ1n) is 4.01. The molecule has 0 spiro atoms. The number of aromatic hydroxyl groups is 1. The highest BCUT2D eigenvalue weighted by molar-refractivity contribution is 9.08. The quantitative estimate of drug-likeness (QED) is 0.672. The molecule has 0 atom stereocenters. The zero-order valence-electron chi connectivity index (χ0n) is 7.16. The van der Waals surface area contributed by atoms with Crippen LogP contribution in [0.15, 0.2) is 17.5 Å². The molecule has 1 aromatic heterocycles. The van der Waals surface area contributed by atoms with Crippen LogP contribution >= 0.6 is 27.3 Å². The molecule has 14 heavy (non-hydrogen) atoms. The molecular weight excluding hydrogens is 264 g/mol. The third-order valence-corrected chi connectivity index (χ3v) is 3.62. The smallest absolute Gasteiger partial charge is 0.150 e. The van der Waals surface area contributed by atoms with Crippen molar-refractivity contribution in [3.8, 4) is 5.75 Å².